The molecule has 1 unspecified atom stereocenters. The first kappa shape index (κ1) is 37.7. The minimum atomic E-state index is -1.59. The average Bonchev–Trinajstić information content (AvgIpc) is 3.68. The lowest BCUT2D eigenvalue weighted by Gasteiger charge is -2.36. The molecule has 50 heavy (non-hydrogen) atoms. The molecule has 276 valence electrons. The van der Waals surface area contributed by atoms with Crippen LogP contribution in [-0.4, -0.2) is 84.2 Å². The summed E-state index contributed by atoms with van der Waals surface area (Å²) in [7, 11) is 3.02. The smallest absolute Gasteiger partial charge is 0.248 e. The number of aliphatic hydroxyl groups is 1. The fourth-order valence-corrected chi connectivity index (χ4v) is 7.61. The summed E-state index contributed by atoms with van der Waals surface area (Å²) in [6.45, 7) is 5.59. The summed E-state index contributed by atoms with van der Waals surface area (Å²) < 4.78 is 10.9. The summed E-state index contributed by atoms with van der Waals surface area (Å²) in [6, 6.07) is 0.395. The number of aliphatic hydroxyl groups excluding tert-OH is 1. The second kappa shape index (κ2) is 15.4. The van der Waals surface area contributed by atoms with Crippen molar-refractivity contribution >= 4 is 40.9 Å². The molecule has 1 aromatic carbocycles. The number of amides is 4. The number of hydrogen-bond acceptors (Lipinski definition) is 9. The molecule has 4 aliphatic rings. The minimum absolute atomic E-state index is 0.0244. The third-order valence-electron chi connectivity index (χ3n) is 10.4. The van der Waals surface area contributed by atoms with Crippen LogP contribution >= 0.6 is 11.6 Å². The van der Waals surface area contributed by atoms with E-state index in [0.29, 0.717) is 40.6 Å². The number of rotatable bonds is 13. The Bertz CT molecular complexity index is 1490. The number of hydroxylamine groups is 1. The van der Waals surface area contributed by atoms with Gasteiger partial charge < -0.3 is 35.8 Å². The monoisotopic (exact) mass is 717 g/mol. The molecule has 0 bridgehead atoms. The average molecular weight is 718 g/mol. The van der Waals surface area contributed by atoms with Crippen molar-refractivity contribution in [3.8, 4) is 11.5 Å². The Balaban J connectivity index is 1.46. The Kier molecular flexibility index (Phi) is 11.6. The van der Waals surface area contributed by atoms with Crippen LogP contribution in [0.1, 0.15) is 90.5 Å². The van der Waals surface area contributed by atoms with E-state index in [1.807, 2.05) is 20.8 Å². The lowest BCUT2D eigenvalue weighted by molar-refractivity contribution is -0.145. The number of nitrogens with one attached hydrogen (secondary N) is 3. The molecule has 5 rings (SSSR count). The highest BCUT2D eigenvalue weighted by molar-refractivity contribution is 6.32. The maximum atomic E-state index is 14.6. The molecule has 2 aliphatic carbocycles. The summed E-state index contributed by atoms with van der Waals surface area (Å²) in [6.07, 6.45) is 8.15. The number of ether oxygens (including phenoxy) is 2. The van der Waals surface area contributed by atoms with E-state index in [2.05, 4.69) is 16.1 Å². The fourth-order valence-electron chi connectivity index (χ4n) is 7.37. The number of methoxy groups -OCH3 is 2. The van der Waals surface area contributed by atoms with Crippen LogP contribution in [0.15, 0.2) is 18.2 Å². The van der Waals surface area contributed by atoms with Gasteiger partial charge in [0.1, 0.15) is 29.2 Å². The molecule has 6 N–H and O–H groups in total. The number of primary amides is 1. The van der Waals surface area contributed by atoms with E-state index in [9.17, 15) is 24.3 Å². The van der Waals surface area contributed by atoms with Crippen molar-refractivity contribution in [3.63, 3.8) is 0 Å². The first-order valence-electron chi connectivity index (χ1n) is 17.6. The number of benzene rings is 1. The van der Waals surface area contributed by atoms with Crippen LogP contribution in [0.3, 0.4) is 0 Å². The summed E-state index contributed by atoms with van der Waals surface area (Å²) in [5.74, 6) is -0.712. The molecule has 3 fully saturated rings. The van der Waals surface area contributed by atoms with E-state index in [1.54, 1.807) is 18.2 Å². The highest BCUT2D eigenvalue weighted by Gasteiger charge is 2.54. The molecule has 13 nitrogen and oxygen atoms in total. The van der Waals surface area contributed by atoms with Crippen LogP contribution in [0.25, 0.3) is 5.70 Å². The van der Waals surface area contributed by atoms with E-state index >= 15 is 0 Å². The van der Waals surface area contributed by atoms with Crippen molar-refractivity contribution in [3.05, 3.63) is 28.8 Å². The van der Waals surface area contributed by atoms with E-state index in [0.717, 1.165) is 38.5 Å². The number of likely N-dealkylation sites (tertiary alicyclic amines) is 1. The zero-order valence-electron chi connectivity index (χ0n) is 29.7. The molecule has 14 heteroatoms. The fraction of sp³-hybridized carbons (Fsp3) is 0.667. The minimum Gasteiger partial charge on any atom is -0.496 e. The summed E-state index contributed by atoms with van der Waals surface area (Å²) in [5.41, 5.74) is 7.64. The SMILES string of the molecule is COc1cc(OC)c(C2=C[C@]3(C[C@@H](C(=O)N[C@@H](CC4CC4)C(O)C(N)=O)N(C(=O)[C@@H](NC(=O)CC4CCCCC4)C(C)(C)C)C3)ON2)cc1Cl. The van der Waals surface area contributed by atoms with Crippen LogP contribution in [0.5, 0.6) is 11.5 Å². The standard InChI is InChI=1S/C36H52ClN5O8/c1-35(2,3)31(40-29(43)14-20-9-7-6-8-10-20)34(47)42-19-36(17-25(41-50-36)22-15-23(37)28(49-5)16-27(22)48-4)18-26(42)33(46)39-24(13-21-11-12-21)30(44)32(38)45/h15-17,20-21,24,26,30-31,41,44H,6-14,18-19H2,1-5H3,(H2,38,45)(H,39,46)(H,40,43)/t24-,26-,30?,31+,36+/m0/s1. The molecule has 2 saturated carbocycles. The Morgan fingerprint density at radius 1 is 1.06 bits per heavy atom. The Morgan fingerprint density at radius 2 is 1.74 bits per heavy atom. The maximum Gasteiger partial charge on any atom is 0.248 e. The van der Waals surface area contributed by atoms with Gasteiger partial charge in [0.05, 0.1) is 37.5 Å². The third-order valence-corrected chi connectivity index (χ3v) is 10.7. The third kappa shape index (κ3) is 8.66. The van der Waals surface area contributed by atoms with Gasteiger partial charge in [-0.25, -0.2) is 0 Å². The molecule has 0 aromatic heterocycles. The van der Waals surface area contributed by atoms with Gasteiger partial charge in [-0.1, -0.05) is 64.5 Å². The molecule has 1 spiro atoms. The van der Waals surface area contributed by atoms with E-state index < -0.39 is 53.0 Å². The zero-order chi connectivity index (χ0) is 36.4. The predicted octanol–water partition coefficient (Wildman–Crippen LogP) is 3.21. The van der Waals surface area contributed by atoms with Gasteiger partial charge in [-0.2, -0.15) is 0 Å². The maximum absolute atomic E-state index is 14.6. The number of carbonyl (C=O) groups excluding carboxylic acids is 4. The molecule has 4 amide bonds. The second-order valence-electron chi connectivity index (χ2n) is 15.4. The normalized spacial score (nSPS) is 24.2. The van der Waals surface area contributed by atoms with Crippen molar-refractivity contribution in [2.75, 3.05) is 20.8 Å². The van der Waals surface area contributed by atoms with Crippen LogP contribution in [0.4, 0.5) is 0 Å². The van der Waals surface area contributed by atoms with Crippen LogP contribution in [-0.2, 0) is 24.0 Å². The first-order valence-corrected chi connectivity index (χ1v) is 18.0. The summed E-state index contributed by atoms with van der Waals surface area (Å²) in [4.78, 5) is 61.8. The highest BCUT2D eigenvalue weighted by atomic mass is 35.5. The van der Waals surface area contributed by atoms with E-state index in [1.165, 1.54) is 25.5 Å². The molecule has 2 heterocycles. The van der Waals surface area contributed by atoms with Gasteiger partial charge in [0, 0.05) is 24.5 Å². The lowest BCUT2D eigenvalue weighted by Crippen LogP contribution is -2.59. The number of halogens is 1. The van der Waals surface area contributed by atoms with Crippen molar-refractivity contribution in [2.24, 2.45) is 23.0 Å². The number of hydrogen-bond donors (Lipinski definition) is 5. The Hall–Kier alpha value is -3.55. The lowest BCUT2D eigenvalue weighted by atomic mass is 9.84. The molecule has 1 aromatic rings. The molecular weight excluding hydrogens is 666 g/mol. The Morgan fingerprint density at radius 3 is 2.34 bits per heavy atom. The number of carbonyl (C=O) groups is 4. The zero-order valence-corrected chi connectivity index (χ0v) is 30.4. The molecular formula is C36H52ClN5O8. The van der Waals surface area contributed by atoms with Crippen molar-refractivity contribution < 1.29 is 38.6 Å². The number of nitrogens with zero attached hydrogens (tertiary/aromatic N) is 1. The number of nitrogens with two attached hydrogens (primary N) is 1. The van der Waals surface area contributed by atoms with Gasteiger partial charge in [0.15, 0.2) is 6.10 Å². The van der Waals surface area contributed by atoms with Crippen LogP contribution in [0.2, 0.25) is 5.02 Å². The largest absolute Gasteiger partial charge is 0.496 e. The van der Waals surface area contributed by atoms with Gasteiger partial charge >= 0.3 is 0 Å². The van der Waals surface area contributed by atoms with E-state index in [4.69, 9.17) is 31.6 Å². The molecule has 2 aliphatic heterocycles. The van der Waals surface area contributed by atoms with Gasteiger partial charge in [0.25, 0.3) is 0 Å². The van der Waals surface area contributed by atoms with Crippen LogP contribution in [0, 0.1) is 17.3 Å². The quantitative estimate of drug-likeness (QED) is 0.205. The van der Waals surface area contributed by atoms with Crippen molar-refractivity contribution in [1.29, 1.82) is 0 Å². The summed E-state index contributed by atoms with van der Waals surface area (Å²) >= 11 is 6.46. The van der Waals surface area contributed by atoms with Gasteiger partial charge in [-0.05, 0) is 48.7 Å². The molecule has 0 radical (unpaired) electrons. The van der Waals surface area contributed by atoms with Crippen molar-refractivity contribution in [1.82, 2.24) is 21.0 Å². The van der Waals surface area contributed by atoms with E-state index in [-0.39, 0.29) is 30.7 Å². The second-order valence-corrected chi connectivity index (χ2v) is 15.8. The van der Waals surface area contributed by atoms with Gasteiger partial charge in [-0.3, -0.25) is 29.5 Å². The molecule has 1 saturated heterocycles. The van der Waals surface area contributed by atoms with Gasteiger partial charge in [-0.15, -0.1) is 0 Å². The van der Waals surface area contributed by atoms with Crippen molar-refractivity contribution in [2.45, 2.75) is 115 Å². The predicted molar refractivity (Wildman–Crippen MR) is 187 cm³/mol. The van der Waals surface area contributed by atoms with Gasteiger partial charge in [0.2, 0.25) is 23.6 Å². The van der Waals surface area contributed by atoms with Crippen LogP contribution < -0.4 is 31.3 Å². The topological polar surface area (TPSA) is 182 Å². The highest BCUT2D eigenvalue weighted by Crippen LogP contribution is 2.43. The summed E-state index contributed by atoms with van der Waals surface area (Å²) in [5, 5.41) is 16.8. The first-order chi connectivity index (χ1) is 23.6. The Labute approximate surface area is 298 Å². The molecule has 5 atom stereocenters.